The van der Waals surface area contributed by atoms with Gasteiger partial charge in [0.15, 0.2) is 0 Å². The molecule has 2 aliphatic heterocycles. The zero-order chi connectivity index (χ0) is 16.6. The maximum Gasteiger partial charge on any atom is 0.254 e. The van der Waals surface area contributed by atoms with Crippen molar-refractivity contribution in [3.63, 3.8) is 0 Å². The van der Waals surface area contributed by atoms with Crippen molar-refractivity contribution in [2.45, 2.75) is 32.4 Å². The molecule has 1 fully saturated rings. The minimum absolute atomic E-state index is 0.00961. The molecule has 2 atom stereocenters. The molecule has 124 valence electrons. The van der Waals surface area contributed by atoms with Crippen LogP contribution >= 0.6 is 0 Å². The molecule has 0 bridgehead atoms. The zero-order valence-electron chi connectivity index (χ0n) is 13.9. The maximum atomic E-state index is 12.8. The second kappa shape index (κ2) is 6.20. The van der Waals surface area contributed by atoms with Gasteiger partial charge in [0, 0.05) is 50.7 Å². The fourth-order valence-electron chi connectivity index (χ4n) is 3.38. The molecule has 6 heteroatoms. The van der Waals surface area contributed by atoms with E-state index in [0.29, 0.717) is 31.6 Å². The lowest BCUT2D eigenvalue weighted by Gasteiger charge is -2.36. The average Bonchev–Trinajstić information content (AvgIpc) is 2.64. The predicted octanol–water partition coefficient (Wildman–Crippen LogP) is 1.29. The van der Waals surface area contributed by atoms with E-state index in [1.165, 1.54) is 0 Å². The molecule has 0 spiro atoms. The lowest BCUT2D eigenvalue weighted by Crippen LogP contribution is -2.55. The molecule has 0 aromatic heterocycles. The average molecular weight is 316 g/mol. The van der Waals surface area contributed by atoms with Crippen LogP contribution in [0.4, 0.5) is 11.4 Å². The van der Waals surface area contributed by atoms with Gasteiger partial charge < -0.3 is 20.4 Å². The third-order valence-corrected chi connectivity index (χ3v) is 4.45. The molecule has 2 N–H and O–H groups in total. The third-order valence-electron chi connectivity index (χ3n) is 4.45. The van der Waals surface area contributed by atoms with E-state index in [1.807, 2.05) is 29.0 Å². The van der Waals surface area contributed by atoms with E-state index in [1.54, 1.807) is 6.07 Å². The number of carbonyl (C=O) groups excluding carboxylic acids is 2. The summed E-state index contributed by atoms with van der Waals surface area (Å²) in [7, 11) is 1.96. The Morgan fingerprint density at radius 3 is 2.61 bits per heavy atom. The highest BCUT2D eigenvalue weighted by atomic mass is 16.2. The summed E-state index contributed by atoms with van der Waals surface area (Å²) in [5.41, 5.74) is 2.30. The monoisotopic (exact) mass is 316 g/mol. The van der Waals surface area contributed by atoms with Crippen molar-refractivity contribution in [3.05, 3.63) is 23.8 Å². The summed E-state index contributed by atoms with van der Waals surface area (Å²) in [4.78, 5) is 28.5. The van der Waals surface area contributed by atoms with Crippen molar-refractivity contribution in [3.8, 4) is 0 Å². The molecule has 3 rings (SSSR count). The molecule has 2 unspecified atom stereocenters. The molecule has 1 aromatic rings. The van der Waals surface area contributed by atoms with Crippen LogP contribution in [0.25, 0.3) is 0 Å². The molecule has 1 aromatic carbocycles. The van der Waals surface area contributed by atoms with Crippen LogP contribution in [0.1, 0.15) is 30.6 Å². The van der Waals surface area contributed by atoms with Gasteiger partial charge in [-0.1, -0.05) is 0 Å². The molecule has 2 heterocycles. The van der Waals surface area contributed by atoms with Gasteiger partial charge in [-0.15, -0.1) is 0 Å². The van der Waals surface area contributed by atoms with Gasteiger partial charge in [0.25, 0.3) is 5.91 Å². The van der Waals surface area contributed by atoms with Crippen LogP contribution in [0.15, 0.2) is 18.2 Å². The smallest absolute Gasteiger partial charge is 0.254 e. The van der Waals surface area contributed by atoms with Crippen molar-refractivity contribution >= 4 is 23.2 Å². The molecule has 2 amide bonds. The standard InChI is InChI=1S/C17H24N4O2/c1-11-9-21(10-12(2)18-11)17(23)13-4-5-15-14(8-13)19-16(22)6-7-20(15)3/h4-5,8,11-12,18H,6-7,9-10H2,1-3H3,(H,19,22). The number of hydrogen-bond donors (Lipinski definition) is 2. The summed E-state index contributed by atoms with van der Waals surface area (Å²) in [6, 6.07) is 6.15. The summed E-state index contributed by atoms with van der Waals surface area (Å²) in [6.07, 6.45) is 0.460. The van der Waals surface area contributed by atoms with E-state index in [9.17, 15) is 9.59 Å². The number of fused-ring (bicyclic) bond motifs is 1. The van der Waals surface area contributed by atoms with Crippen LogP contribution < -0.4 is 15.5 Å². The van der Waals surface area contributed by atoms with Gasteiger partial charge in [-0.3, -0.25) is 9.59 Å². The number of nitrogens with one attached hydrogen (secondary N) is 2. The largest absolute Gasteiger partial charge is 0.372 e. The number of amides is 2. The van der Waals surface area contributed by atoms with E-state index in [-0.39, 0.29) is 23.9 Å². The summed E-state index contributed by atoms with van der Waals surface area (Å²) in [5, 5.41) is 6.33. The predicted molar refractivity (Wildman–Crippen MR) is 90.9 cm³/mol. The van der Waals surface area contributed by atoms with Crippen molar-refractivity contribution in [1.29, 1.82) is 0 Å². The topological polar surface area (TPSA) is 64.7 Å². The maximum absolute atomic E-state index is 12.8. The normalized spacial score (nSPS) is 24.7. The molecule has 23 heavy (non-hydrogen) atoms. The molecule has 2 aliphatic rings. The Kier molecular flexibility index (Phi) is 4.26. The Balaban J connectivity index is 1.86. The SMILES string of the molecule is CC1CN(C(=O)c2ccc3c(c2)NC(=O)CCN3C)CC(C)N1. The lowest BCUT2D eigenvalue weighted by molar-refractivity contribution is -0.115. The summed E-state index contributed by atoms with van der Waals surface area (Å²) >= 11 is 0. The van der Waals surface area contributed by atoms with Crippen LogP contribution in [0.2, 0.25) is 0 Å². The minimum atomic E-state index is -0.00961. The van der Waals surface area contributed by atoms with E-state index in [2.05, 4.69) is 24.5 Å². The highest BCUT2D eigenvalue weighted by Crippen LogP contribution is 2.29. The molecule has 0 aliphatic carbocycles. The molecule has 0 saturated carbocycles. The fourth-order valence-corrected chi connectivity index (χ4v) is 3.38. The lowest BCUT2D eigenvalue weighted by atomic mass is 10.1. The number of benzene rings is 1. The first-order valence-corrected chi connectivity index (χ1v) is 8.14. The second-order valence-corrected chi connectivity index (χ2v) is 6.63. The summed E-state index contributed by atoms with van der Waals surface area (Å²) < 4.78 is 0. The Labute approximate surface area is 136 Å². The minimum Gasteiger partial charge on any atom is -0.372 e. The number of hydrogen-bond acceptors (Lipinski definition) is 4. The number of anilines is 2. The van der Waals surface area contributed by atoms with Gasteiger partial charge in [0.1, 0.15) is 0 Å². The van der Waals surface area contributed by atoms with Gasteiger partial charge in [-0.2, -0.15) is 0 Å². The van der Waals surface area contributed by atoms with Crippen LogP contribution in [0.5, 0.6) is 0 Å². The van der Waals surface area contributed by atoms with Gasteiger partial charge in [-0.25, -0.2) is 0 Å². The molecule has 0 radical (unpaired) electrons. The first-order chi connectivity index (χ1) is 10.9. The van der Waals surface area contributed by atoms with Crippen LogP contribution in [-0.4, -0.2) is 55.5 Å². The molecular weight excluding hydrogens is 292 g/mol. The van der Waals surface area contributed by atoms with E-state index >= 15 is 0 Å². The van der Waals surface area contributed by atoms with E-state index in [4.69, 9.17) is 0 Å². The third kappa shape index (κ3) is 3.32. The summed E-state index contributed by atoms with van der Waals surface area (Å²) in [5.74, 6) is 0.0127. The summed E-state index contributed by atoms with van der Waals surface area (Å²) in [6.45, 7) is 6.25. The molecule has 1 saturated heterocycles. The number of piperazine rings is 1. The number of rotatable bonds is 1. The Morgan fingerprint density at radius 1 is 1.22 bits per heavy atom. The van der Waals surface area contributed by atoms with Gasteiger partial charge in [-0.05, 0) is 32.0 Å². The zero-order valence-corrected chi connectivity index (χ0v) is 13.9. The van der Waals surface area contributed by atoms with Crippen molar-refractivity contribution < 1.29 is 9.59 Å². The van der Waals surface area contributed by atoms with Crippen molar-refractivity contribution in [2.24, 2.45) is 0 Å². The van der Waals surface area contributed by atoms with Gasteiger partial charge in [0.2, 0.25) is 5.91 Å². The van der Waals surface area contributed by atoms with Crippen molar-refractivity contribution in [2.75, 3.05) is 36.9 Å². The molecular formula is C17H24N4O2. The Bertz CT molecular complexity index is 621. The van der Waals surface area contributed by atoms with Crippen molar-refractivity contribution in [1.82, 2.24) is 10.2 Å². The fraction of sp³-hybridized carbons (Fsp3) is 0.529. The number of nitrogens with zero attached hydrogens (tertiary/aromatic N) is 2. The molecule has 6 nitrogen and oxygen atoms in total. The quantitative estimate of drug-likeness (QED) is 0.819. The van der Waals surface area contributed by atoms with Gasteiger partial charge >= 0.3 is 0 Å². The van der Waals surface area contributed by atoms with E-state index in [0.717, 1.165) is 11.4 Å². The first-order valence-electron chi connectivity index (χ1n) is 8.14. The Morgan fingerprint density at radius 2 is 1.91 bits per heavy atom. The van der Waals surface area contributed by atoms with Crippen LogP contribution in [0, 0.1) is 0 Å². The first kappa shape index (κ1) is 15.8. The van der Waals surface area contributed by atoms with E-state index < -0.39 is 0 Å². The highest BCUT2D eigenvalue weighted by Gasteiger charge is 2.26. The number of carbonyl (C=O) groups is 2. The van der Waals surface area contributed by atoms with Gasteiger partial charge in [0.05, 0.1) is 11.4 Å². The van der Waals surface area contributed by atoms with Crippen LogP contribution in [0.3, 0.4) is 0 Å². The Hall–Kier alpha value is -2.08. The van der Waals surface area contributed by atoms with Crippen LogP contribution in [-0.2, 0) is 4.79 Å². The second-order valence-electron chi connectivity index (χ2n) is 6.63. The highest BCUT2D eigenvalue weighted by molar-refractivity contribution is 6.01.